The summed E-state index contributed by atoms with van der Waals surface area (Å²) in [5, 5.41) is 3.02. The summed E-state index contributed by atoms with van der Waals surface area (Å²) in [6, 6.07) is 4.04. The molecule has 2 amide bonds. The third kappa shape index (κ3) is 4.13. The monoisotopic (exact) mass is 318 g/mol. The van der Waals surface area contributed by atoms with Crippen molar-refractivity contribution in [2.45, 2.75) is 38.8 Å². The highest BCUT2D eigenvalue weighted by atomic mass is 16.5. The molecule has 2 aliphatic heterocycles. The van der Waals surface area contributed by atoms with Crippen LogP contribution in [0.25, 0.3) is 0 Å². The van der Waals surface area contributed by atoms with E-state index in [-0.39, 0.29) is 12.1 Å². The highest BCUT2D eigenvalue weighted by molar-refractivity contribution is 5.74. The van der Waals surface area contributed by atoms with Crippen LogP contribution in [-0.4, -0.2) is 54.8 Å². The summed E-state index contributed by atoms with van der Waals surface area (Å²) in [5.41, 5.74) is 1.09. The highest BCUT2D eigenvalue weighted by Crippen LogP contribution is 2.18. The minimum Gasteiger partial charge on any atom is -0.375 e. The van der Waals surface area contributed by atoms with E-state index in [1.54, 1.807) is 0 Å². The van der Waals surface area contributed by atoms with Crippen LogP contribution >= 0.6 is 0 Å². The van der Waals surface area contributed by atoms with E-state index in [1.807, 2.05) is 17.2 Å². The number of aromatic nitrogens is 1. The molecule has 6 nitrogen and oxygen atoms in total. The second kappa shape index (κ2) is 7.64. The largest absolute Gasteiger partial charge is 0.375 e. The lowest BCUT2D eigenvalue weighted by Gasteiger charge is -2.32. The predicted molar refractivity (Wildman–Crippen MR) is 89.5 cm³/mol. The van der Waals surface area contributed by atoms with Crippen LogP contribution in [0.1, 0.15) is 31.7 Å². The van der Waals surface area contributed by atoms with Crippen molar-refractivity contribution in [3.05, 3.63) is 23.9 Å². The van der Waals surface area contributed by atoms with E-state index in [0.29, 0.717) is 26.2 Å². The number of hydrogen-bond acceptors (Lipinski definition) is 4. The maximum Gasteiger partial charge on any atom is 0.317 e. The molecule has 126 valence electrons. The molecule has 1 N–H and O–H groups in total. The van der Waals surface area contributed by atoms with Crippen LogP contribution in [-0.2, 0) is 11.3 Å². The summed E-state index contributed by atoms with van der Waals surface area (Å²) in [6.07, 6.45) is 5.40. The Morgan fingerprint density at radius 3 is 3.00 bits per heavy atom. The second-order valence-corrected chi connectivity index (χ2v) is 6.22. The standard InChI is InChI=1S/C17H26N4O2/c1-2-15-13-21(9-10-23-15)17(22)19-12-14-5-6-18-16(11-14)20-7-3-4-8-20/h5-6,11,15H,2-4,7-10,12-13H2,1H3,(H,19,22)/t15-/m1/s1. The molecule has 2 aliphatic rings. The molecule has 3 heterocycles. The maximum absolute atomic E-state index is 12.3. The van der Waals surface area contributed by atoms with Crippen molar-refractivity contribution < 1.29 is 9.53 Å². The van der Waals surface area contributed by atoms with E-state index >= 15 is 0 Å². The van der Waals surface area contributed by atoms with E-state index < -0.39 is 0 Å². The number of nitrogens with one attached hydrogen (secondary N) is 1. The van der Waals surface area contributed by atoms with Gasteiger partial charge in [0.15, 0.2) is 0 Å². The zero-order valence-corrected chi connectivity index (χ0v) is 13.8. The number of anilines is 1. The minimum absolute atomic E-state index is 0.00807. The average molecular weight is 318 g/mol. The van der Waals surface area contributed by atoms with Gasteiger partial charge in [0.2, 0.25) is 0 Å². The van der Waals surface area contributed by atoms with Crippen molar-refractivity contribution in [1.29, 1.82) is 0 Å². The van der Waals surface area contributed by atoms with Crippen LogP contribution in [0.3, 0.4) is 0 Å². The first kappa shape index (κ1) is 16.1. The summed E-state index contributed by atoms with van der Waals surface area (Å²) < 4.78 is 5.61. The lowest BCUT2D eigenvalue weighted by Crippen LogP contribution is -2.49. The number of carbonyl (C=O) groups excluding carboxylic acids is 1. The van der Waals surface area contributed by atoms with Gasteiger partial charge in [0.1, 0.15) is 5.82 Å². The number of morpholine rings is 1. The van der Waals surface area contributed by atoms with Gasteiger partial charge < -0.3 is 19.9 Å². The van der Waals surface area contributed by atoms with Gasteiger partial charge in [-0.15, -0.1) is 0 Å². The summed E-state index contributed by atoms with van der Waals surface area (Å²) in [4.78, 5) is 20.9. The summed E-state index contributed by atoms with van der Waals surface area (Å²) in [6.45, 7) is 6.75. The normalized spacial score (nSPS) is 21.5. The first-order valence-corrected chi connectivity index (χ1v) is 8.60. The van der Waals surface area contributed by atoms with Crippen LogP contribution in [0.2, 0.25) is 0 Å². The molecule has 6 heteroatoms. The van der Waals surface area contributed by atoms with Crippen molar-refractivity contribution in [2.75, 3.05) is 37.7 Å². The Morgan fingerprint density at radius 1 is 1.39 bits per heavy atom. The van der Waals surface area contributed by atoms with Crippen LogP contribution < -0.4 is 10.2 Å². The lowest BCUT2D eigenvalue weighted by atomic mass is 10.2. The summed E-state index contributed by atoms with van der Waals surface area (Å²) in [5.74, 6) is 1.02. The summed E-state index contributed by atoms with van der Waals surface area (Å²) >= 11 is 0. The second-order valence-electron chi connectivity index (χ2n) is 6.22. The molecule has 0 saturated carbocycles. The Labute approximate surface area is 137 Å². The first-order chi connectivity index (χ1) is 11.3. The Balaban J connectivity index is 1.53. The van der Waals surface area contributed by atoms with E-state index in [0.717, 1.165) is 30.9 Å². The maximum atomic E-state index is 12.3. The zero-order chi connectivity index (χ0) is 16.1. The number of urea groups is 1. The molecule has 2 saturated heterocycles. The lowest BCUT2D eigenvalue weighted by molar-refractivity contribution is -0.0154. The fraction of sp³-hybridized carbons (Fsp3) is 0.647. The number of pyridine rings is 1. The van der Waals surface area contributed by atoms with Crippen LogP contribution in [0.15, 0.2) is 18.3 Å². The molecule has 3 rings (SSSR count). The first-order valence-electron chi connectivity index (χ1n) is 8.60. The molecule has 2 fully saturated rings. The van der Waals surface area contributed by atoms with Crippen molar-refractivity contribution in [1.82, 2.24) is 15.2 Å². The van der Waals surface area contributed by atoms with Gasteiger partial charge in [0.05, 0.1) is 12.7 Å². The molecule has 1 aromatic heterocycles. The van der Waals surface area contributed by atoms with Crippen LogP contribution in [0, 0.1) is 0 Å². The summed E-state index contributed by atoms with van der Waals surface area (Å²) in [7, 11) is 0. The Bertz CT molecular complexity index is 531. The van der Waals surface area contributed by atoms with Crippen molar-refractivity contribution in [3.8, 4) is 0 Å². The molecule has 1 aromatic rings. The van der Waals surface area contributed by atoms with Gasteiger partial charge in [-0.1, -0.05) is 6.92 Å². The van der Waals surface area contributed by atoms with E-state index in [2.05, 4.69) is 28.2 Å². The van der Waals surface area contributed by atoms with Gasteiger partial charge >= 0.3 is 6.03 Å². The van der Waals surface area contributed by atoms with Crippen LogP contribution in [0.5, 0.6) is 0 Å². The molecule has 0 radical (unpaired) electrons. The van der Waals surface area contributed by atoms with E-state index in [1.165, 1.54) is 12.8 Å². The Kier molecular flexibility index (Phi) is 5.33. The quantitative estimate of drug-likeness (QED) is 0.922. The zero-order valence-electron chi connectivity index (χ0n) is 13.8. The Hall–Kier alpha value is -1.82. The van der Waals surface area contributed by atoms with Gasteiger partial charge in [0.25, 0.3) is 0 Å². The Morgan fingerprint density at radius 2 is 2.22 bits per heavy atom. The van der Waals surface area contributed by atoms with Gasteiger partial charge in [0, 0.05) is 38.9 Å². The number of rotatable bonds is 4. The smallest absolute Gasteiger partial charge is 0.317 e. The highest BCUT2D eigenvalue weighted by Gasteiger charge is 2.22. The molecule has 1 atom stereocenters. The molecule has 0 bridgehead atoms. The number of nitrogens with zero attached hydrogens (tertiary/aromatic N) is 3. The fourth-order valence-corrected chi connectivity index (χ4v) is 3.13. The number of carbonyl (C=O) groups is 1. The molecule has 0 spiro atoms. The topological polar surface area (TPSA) is 57.7 Å². The predicted octanol–water partition coefficient (Wildman–Crippen LogP) is 2.00. The van der Waals surface area contributed by atoms with E-state index in [4.69, 9.17) is 4.74 Å². The van der Waals surface area contributed by atoms with Gasteiger partial charge in [-0.25, -0.2) is 9.78 Å². The van der Waals surface area contributed by atoms with Gasteiger partial charge in [-0.3, -0.25) is 0 Å². The molecular formula is C17H26N4O2. The van der Waals surface area contributed by atoms with Crippen molar-refractivity contribution >= 4 is 11.8 Å². The number of ether oxygens (including phenoxy) is 1. The SMILES string of the molecule is CC[C@@H]1CN(C(=O)NCc2ccnc(N3CCCC3)c2)CCO1. The van der Waals surface area contributed by atoms with Crippen LogP contribution in [0.4, 0.5) is 10.6 Å². The molecular weight excluding hydrogens is 292 g/mol. The molecule has 23 heavy (non-hydrogen) atoms. The van der Waals surface area contributed by atoms with Crippen molar-refractivity contribution in [2.24, 2.45) is 0 Å². The van der Waals surface area contributed by atoms with E-state index in [9.17, 15) is 4.79 Å². The third-order valence-electron chi connectivity index (χ3n) is 4.57. The molecule has 0 unspecified atom stereocenters. The minimum atomic E-state index is -0.00807. The van der Waals surface area contributed by atoms with Crippen molar-refractivity contribution in [3.63, 3.8) is 0 Å². The van der Waals surface area contributed by atoms with Gasteiger partial charge in [-0.05, 0) is 37.0 Å². The third-order valence-corrected chi connectivity index (χ3v) is 4.57. The number of amides is 2. The number of hydrogen-bond donors (Lipinski definition) is 1. The van der Waals surface area contributed by atoms with Gasteiger partial charge in [-0.2, -0.15) is 0 Å². The molecule has 0 aromatic carbocycles. The fourth-order valence-electron chi connectivity index (χ4n) is 3.13. The average Bonchev–Trinajstić information content (AvgIpc) is 3.14. The molecule has 0 aliphatic carbocycles.